The maximum atomic E-state index is 12.4. The minimum atomic E-state index is -0.0914. The number of benzene rings is 2. The Hall–Kier alpha value is -4.72. The van der Waals surface area contributed by atoms with Crippen molar-refractivity contribution in [3.8, 4) is 0 Å². The van der Waals surface area contributed by atoms with Crippen LogP contribution in [-0.4, -0.2) is 48.0 Å². The molecule has 2 N–H and O–H groups in total. The van der Waals surface area contributed by atoms with Gasteiger partial charge in [0.1, 0.15) is 0 Å². The molecule has 4 aromatic rings. The van der Waals surface area contributed by atoms with E-state index in [1.54, 1.807) is 49.1 Å². The number of pyridine rings is 2. The predicted octanol–water partition coefficient (Wildman–Crippen LogP) is 7.27. The van der Waals surface area contributed by atoms with Crippen LogP contribution in [0.1, 0.15) is 70.4 Å². The standard InChI is InChI=1S/2C18H21N3O/c2*1-14-5-6-17(21-11-3-2-4-12-21)16(13-14)20-18(22)15-7-9-19-10-8-15/h2*5-10,13H,2-4,11-12H2,1H3,(H,20,22). The summed E-state index contributed by atoms with van der Waals surface area (Å²) in [4.78, 5) is 37.4. The second kappa shape index (κ2) is 15.1. The molecule has 0 unspecified atom stereocenters. The van der Waals surface area contributed by atoms with Crippen molar-refractivity contribution >= 4 is 34.6 Å². The number of aryl methyl sites for hydroxylation is 2. The topological polar surface area (TPSA) is 90.5 Å². The van der Waals surface area contributed by atoms with Crippen LogP contribution < -0.4 is 20.4 Å². The fraction of sp³-hybridized carbons (Fsp3) is 0.333. The van der Waals surface area contributed by atoms with E-state index in [1.165, 1.54) is 38.5 Å². The molecule has 8 heteroatoms. The summed E-state index contributed by atoms with van der Waals surface area (Å²) in [6, 6.07) is 19.4. The molecule has 2 aromatic heterocycles. The number of anilines is 4. The van der Waals surface area contributed by atoms with Gasteiger partial charge in [-0.3, -0.25) is 19.6 Å². The molecule has 8 nitrogen and oxygen atoms in total. The minimum absolute atomic E-state index is 0.0914. The highest BCUT2D eigenvalue weighted by atomic mass is 16.2. The van der Waals surface area contributed by atoms with Gasteiger partial charge in [-0.15, -0.1) is 0 Å². The zero-order chi connectivity index (χ0) is 30.7. The van der Waals surface area contributed by atoms with Crippen LogP contribution in [0.2, 0.25) is 0 Å². The van der Waals surface area contributed by atoms with E-state index in [4.69, 9.17) is 0 Å². The molecule has 0 atom stereocenters. The molecular formula is C36H42N6O2. The lowest BCUT2D eigenvalue weighted by molar-refractivity contribution is 0.101. The number of carbonyl (C=O) groups excluding carboxylic acids is 2. The molecule has 0 radical (unpaired) electrons. The Balaban J connectivity index is 0.000000175. The van der Waals surface area contributed by atoms with Crippen LogP contribution in [-0.2, 0) is 0 Å². The van der Waals surface area contributed by atoms with Crippen LogP contribution in [0, 0.1) is 13.8 Å². The molecule has 2 aliphatic rings. The van der Waals surface area contributed by atoms with Crippen LogP contribution in [0.15, 0.2) is 85.5 Å². The lowest BCUT2D eigenvalue weighted by atomic mass is 10.1. The van der Waals surface area contributed by atoms with E-state index in [0.717, 1.165) is 60.1 Å². The number of aromatic nitrogens is 2. The second-order valence-corrected chi connectivity index (χ2v) is 11.5. The summed E-state index contributed by atoms with van der Waals surface area (Å²) in [7, 11) is 0. The number of hydrogen-bond donors (Lipinski definition) is 2. The Labute approximate surface area is 260 Å². The molecular weight excluding hydrogens is 548 g/mol. The third-order valence-electron chi connectivity index (χ3n) is 8.08. The largest absolute Gasteiger partial charge is 0.370 e. The van der Waals surface area contributed by atoms with Crippen LogP contribution >= 0.6 is 0 Å². The van der Waals surface area contributed by atoms with Crippen molar-refractivity contribution in [2.24, 2.45) is 0 Å². The van der Waals surface area contributed by atoms with Gasteiger partial charge >= 0.3 is 0 Å². The predicted molar refractivity (Wildman–Crippen MR) is 179 cm³/mol. The quantitative estimate of drug-likeness (QED) is 0.246. The highest BCUT2D eigenvalue weighted by Crippen LogP contribution is 2.31. The SMILES string of the molecule is Cc1ccc(N2CCCCC2)c(NC(=O)c2ccncc2)c1.Cc1ccc(N2CCCCC2)c(NC(=O)c2ccncc2)c1. The summed E-state index contributed by atoms with van der Waals surface area (Å²) in [6.07, 6.45) is 14.0. The van der Waals surface area contributed by atoms with Gasteiger partial charge in [-0.25, -0.2) is 0 Å². The van der Waals surface area contributed by atoms with E-state index in [9.17, 15) is 9.59 Å². The van der Waals surface area contributed by atoms with Crippen molar-refractivity contribution in [2.75, 3.05) is 46.6 Å². The first kappa shape index (κ1) is 30.7. The molecule has 2 fully saturated rings. The number of nitrogens with one attached hydrogen (secondary N) is 2. The normalized spacial score (nSPS) is 14.7. The van der Waals surface area contributed by atoms with Crippen LogP contribution in [0.4, 0.5) is 22.7 Å². The van der Waals surface area contributed by atoms with Crippen molar-refractivity contribution in [3.05, 3.63) is 108 Å². The average Bonchev–Trinajstić information content (AvgIpc) is 3.07. The Bertz CT molecular complexity index is 1410. The molecule has 0 aliphatic carbocycles. The summed E-state index contributed by atoms with van der Waals surface area (Å²) in [5.41, 5.74) is 7.56. The third-order valence-corrected chi connectivity index (χ3v) is 8.08. The summed E-state index contributed by atoms with van der Waals surface area (Å²) < 4.78 is 0. The molecule has 228 valence electrons. The van der Waals surface area contributed by atoms with Crippen molar-refractivity contribution in [1.82, 2.24) is 9.97 Å². The molecule has 2 amide bonds. The van der Waals surface area contributed by atoms with Crippen molar-refractivity contribution < 1.29 is 9.59 Å². The maximum absolute atomic E-state index is 12.4. The van der Waals surface area contributed by atoms with Gasteiger partial charge in [0.05, 0.1) is 22.7 Å². The van der Waals surface area contributed by atoms with Crippen LogP contribution in [0.25, 0.3) is 0 Å². The zero-order valence-corrected chi connectivity index (χ0v) is 25.8. The highest BCUT2D eigenvalue weighted by molar-refractivity contribution is 6.06. The third kappa shape index (κ3) is 8.22. The van der Waals surface area contributed by atoms with Gasteiger partial charge in [0.25, 0.3) is 11.8 Å². The Morgan fingerprint density at radius 2 is 0.909 bits per heavy atom. The highest BCUT2D eigenvalue weighted by Gasteiger charge is 2.18. The molecule has 2 aliphatic heterocycles. The minimum Gasteiger partial charge on any atom is -0.370 e. The van der Waals surface area contributed by atoms with Gasteiger partial charge in [-0.1, -0.05) is 12.1 Å². The van der Waals surface area contributed by atoms with E-state index in [0.29, 0.717) is 11.1 Å². The molecule has 44 heavy (non-hydrogen) atoms. The zero-order valence-electron chi connectivity index (χ0n) is 25.8. The average molecular weight is 591 g/mol. The van der Waals surface area contributed by atoms with Gasteiger partial charge in [-0.05, 0) is 112 Å². The van der Waals surface area contributed by atoms with Crippen molar-refractivity contribution in [1.29, 1.82) is 0 Å². The lowest BCUT2D eigenvalue weighted by Crippen LogP contribution is -2.30. The Morgan fingerprint density at radius 1 is 0.545 bits per heavy atom. The van der Waals surface area contributed by atoms with Crippen LogP contribution in [0.3, 0.4) is 0 Å². The smallest absolute Gasteiger partial charge is 0.255 e. The van der Waals surface area contributed by atoms with Gasteiger partial charge in [-0.2, -0.15) is 0 Å². The fourth-order valence-corrected chi connectivity index (χ4v) is 5.72. The molecule has 2 aromatic carbocycles. The summed E-state index contributed by atoms with van der Waals surface area (Å²) in [6.45, 7) is 8.31. The monoisotopic (exact) mass is 590 g/mol. The summed E-state index contributed by atoms with van der Waals surface area (Å²) in [5, 5.41) is 6.11. The first-order valence-electron chi connectivity index (χ1n) is 15.6. The van der Waals surface area contributed by atoms with Gasteiger partial charge in [0.2, 0.25) is 0 Å². The Morgan fingerprint density at radius 3 is 1.27 bits per heavy atom. The van der Waals surface area contributed by atoms with Crippen molar-refractivity contribution in [2.45, 2.75) is 52.4 Å². The number of nitrogens with zero attached hydrogens (tertiary/aromatic N) is 4. The summed E-state index contributed by atoms with van der Waals surface area (Å²) >= 11 is 0. The van der Waals surface area contributed by atoms with E-state index < -0.39 is 0 Å². The van der Waals surface area contributed by atoms with Gasteiger partial charge in [0, 0.05) is 62.1 Å². The molecule has 2 saturated heterocycles. The molecule has 0 bridgehead atoms. The molecule has 4 heterocycles. The van der Waals surface area contributed by atoms with E-state index in [-0.39, 0.29) is 11.8 Å². The number of rotatable bonds is 6. The second-order valence-electron chi connectivity index (χ2n) is 11.5. The fourth-order valence-electron chi connectivity index (χ4n) is 5.72. The molecule has 6 rings (SSSR count). The van der Waals surface area contributed by atoms with E-state index in [2.05, 4.69) is 54.7 Å². The number of hydrogen-bond acceptors (Lipinski definition) is 6. The number of amides is 2. The summed E-state index contributed by atoms with van der Waals surface area (Å²) in [5.74, 6) is -0.183. The van der Waals surface area contributed by atoms with E-state index >= 15 is 0 Å². The molecule has 0 spiro atoms. The lowest BCUT2D eigenvalue weighted by Gasteiger charge is -2.30. The number of piperidine rings is 2. The Kier molecular flexibility index (Phi) is 10.6. The maximum Gasteiger partial charge on any atom is 0.255 e. The first-order valence-corrected chi connectivity index (χ1v) is 15.6. The van der Waals surface area contributed by atoms with E-state index in [1.807, 2.05) is 26.0 Å². The molecule has 0 saturated carbocycles. The van der Waals surface area contributed by atoms with Gasteiger partial charge in [0.15, 0.2) is 0 Å². The first-order chi connectivity index (χ1) is 21.5. The number of carbonyl (C=O) groups is 2. The van der Waals surface area contributed by atoms with Crippen molar-refractivity contribution in [3.63, 3.8) is 0 Å². The van der Waals surface area contributed by atoms with Gasteiger partial charge < -0.3 is 20.4 Å². The van der Waals surface area contributed by atoms with Crippen LogP contribution in [0.5, 0.6) is 0 Å².